The molecule has 0 heterocycles. The summed E-state index contributed by atoms with van der Waals surface area (Å²) in [5, 5.41) is 10.8. The van der Waals surface area contributed by atoms with Crippen LogP contribution in [0.3, 0.4) is 0 Å². The molecular formula is C28H25F15N2O5. The van der Waals surface area contributed by atoms with Gasteiger partial charge in [0.15, 0.2) is 6.10 Å². The Labute approximate surface area is 271 Å². The fraction of sp³-hybridized carbons (Fsp3) is 0.500. The zero-order chi connectivity index (χ0) is 38.5. The van der Waals surface area contributed by atoms with Crippen molar-refractivity contribution in [2.24, 2.45) is 0 Å². The maximum absolute atomic E-state index is 14.7. The topological polar surface area (TPSA) is 88.1 Å². The Hall–Kier alpha value is -4.11. The second-order valence-electron chi connectivity index (χ2n) is 10.3. The van der Waals surface area contributed by atoms with Crippen molar-refractivity contribution in [1.82, 2.24) is 10.2 Å². The number of halogens is 15. The molecular weight excluding hydrogens is 729 g/mol. The minimum Gasteiger partial charge on any atom is -0.492 e. The lowest BCUT2D eigenvalue weighted by atomic mass is 9.93. The average molecular weight is 754 g/mol. The van der Waals surface area contributed by atoms with Crippen LogP contribution in [0.15, 0.2) is 42.5 Å². The number of urea groups is 1. The molecule has 0 spiro atoms. The summed E-state index contributed by atoms with van der Waals surface area (Å²) in [6, 6.07) is 4.64. The van der Waals surface area contributed by atoms with Gasteiger partial charge in [-0.2, -0.15) is 57.1 Å². The third kappa shape index (κ3) is 8.97. The predicted octanol–water partition coefficient (Wildman–Crippen LogP) is 7.33. The van der Waals surface area contributed by atoms with E-state index in [2.05, 4.69) is 0 Å². The van der Waals surface area contributed by atoms with Crippen LogP contribution >= 0.6 is 0 Å². The van der Waals surface area contributed by atoms with Crippen molar-refractivity contribution in [2.75, 3.05) is 26.3 Å². The first kappa shape index (κ1) is 42.1. The van der Waals surface area contributed by atoms with Gasteiger partial charge >= 0.3 is 47.8 Å². The Morgan fingerprint density at radius 1 is 0.820 bits per heavy atom. The lowest BCUT2D eigenvalue weighted by molar-refractivity contribution is -0.439. The van der Waals surface area contributed by atoms with Crippen LogP contribution in [0.5, 0.6) is 5.75 Å². The van der Waals surface area contributed by atoms with Crippen LogP contribution in [-0.2, 0) is 22.5 Å². The van der Waals surface area contributed by atoms with Crippen molar-refractivity contribution in [3.63, 3.8) is 0 Å². The monoisotopic (exact) mass is 754 g/mol. The Balaban J connectivity index is 2.34. The summed E-state index contributed by atoms with van der Waals surface area (Å²) in [7, 11) is 0. The highest BCUT2D eigenvalue weighted by Crippen LogP contribution is 2.60. The van der Waals surface area contributed by atoms with E-state index in [1.54, 1.807) is 5.32 Å². The van der Waals surface area contributed by atoms with E-state index in [1.807, 2.05) is 0 Å². The number of rotatable bonds is 17. The highest BCUT2D eigenvalue weighted by molar-refractivity contribution is 5.74. The molecule has 1 unspecified atom stereocenters. The van der Waals surface area contributed by atoms with E-state index in [9.17, 15) is 75.4 Å². The largest absolute Gasteiger partial charge is 0.492 e. The normalized spacial score (nSPS) is 13.9. The molecule has 2 rings (SSSR count). The first-order chi connectivity index (χ1) is 22.7. The van der Waals surface area contributed by atoms with Crippen LogP contribution in [0.25, 0.3) is 0 Å². The molecule has 50 heavy (non-hydrogen) atoms. The molecule has 0 bridgehead atoms. The number of amides is 2. The molecule has 2 aromatic rings. The molecule has 0 fully saturated rings. The lowest BCUT2D eigenvalue weighted by Gasteiger charge is -2.40. The van der Waals surface area contributed by atoms with Gasteiger partial charge in [-0.1, -0.05) is 18.2 Å². The number of ether oxygens (including phenoxy) is 2. The minimum absolute atomic E-state index is 0.0478. The van der Waals surface area contributed by atoms with Crippen LogP contribution in [0, 0.1) is 11.6 Å². The van der Waals surface area contributed by atoms with Crippen molar-refractivity contribution in [3.8, 4) is 5.75 Å². The summed E-state index contributed by atoms with van der Waals surface area (Å²) in [4.78, 5) is 23.4. The number of carboxylic acid groups (broad SMARTS) is 1. The Bertz CT molecular complexity index is 1470. The van der Waals surface area contributed by atoms with Gasteiger partial charge in [0.05, 0.1) is 13.1 Å². The van der Waals surface area contributed by atoms with Gasteiger partial charge < -0.3 is 24.8 Å². The molecule has 0 aliphatic heterocycles. The van der Waals surface area contributed by atoms with Crippen molar-refractivity contribution in [3.05, 3.63) is 65.2 Å². The molecule has 0 aromatic heterocycles. The number of aliphatic carboxylic acids is 1. The molecule has 1 atom stereocenters. The Kier molecular flexibility index (Phi) is 13.0. The molecule has 2 aromatic carbocycles. The SMILES string of the molecule is CCOC(Cc1ccc(OCCN(CC(F)(F)C(F)(F)C(F)(F)C(F)(F)C(F)(F)C(F)(F)F)C(=O)NCc2ccc(F)cc2F)cc1)C(=O)O. The Morgan fingerprint density at radius 2 is 1.38 bits per heavy atom. The predicted molar refractivity (Wildman–Crippen MR) is 140 cm³/mol. The number of nitrogens with zero attached hydrogens (tertiary/aromatic N) is 1. The van der Waals surface area contributed by atoms with Crippen LogP contribution in [-0.4, -0.2) is 90.2 Å². The van der Waals surface area contributed by atoms with Crippen molar-refractivity contribution < 1.29 is 90.0 Å². The highest BCUT2D eigenvalue weighted by Gasteiger charge is 2.90. The number of nitrogens with one attached hydrogen (secondary N) is 1. The summed E-state index contributed by atoms with van der Waals surface area (Å²) >= 11 is 0. The molecule has 0 radical (unpaired) electrons. The first-order valence-corrected chi connectivity index (χ1v) is 13.7. The third-order valence-corrected chi connectivity index (χ3v) is 6.74. The minimum atomic E-state index is -8.15. The fourth-order valence-electron chi connectivity index (χ4n) is 3.97. The molecule has 2 N–H and O–H groups in total. The molecule has 7 nitrogen and oxygen atoms in total. The number of carboxylic acids is 1. The third-order valence-electron chi connectivity index (χ3n) is 6.74. The van der Waals surface area contributed by atoms with Gasteiger partial charge in [-0.3, -0.25) is 0 Å². The molecule has 2 amide bonds. The molecule has 0 aliphatic rings. The van der Waals surface area contributed by atoms with Crippen molar-refractivity contribution >= 4 is 12.0 Å². The summed E-state index contributed by atoms with van der Waals surface area (Å²) in [6.45, 7) is -4.78. The Morgan fingerprint density at radius 3 is 1.88 bits per heavy atom. The van der Waals surface area contributed by atoms with E-state index in [-0.39, 0.29) is 18.8 Å². The molecule has 22 heteroatoms. The number of hydrogen-bond acceptors (Lipinski definition) is 4. The zero-order valence-electron chi connectivity index (χ0n) is 25.1. The van der Waals surface area contributed by atoms with Gasteiger partial charge in [-0.25, -0.2) is 18.4 Å². The average Bonchev–Trinajstić information content (AvgIpc) is 2.99. The van der Waals surface area contributed by atoms with E-state index in [0.29, 0.717) is 17.7 Å². The van der Waals surface area contributed by atoms with E-state index < -0.39 is 102 Å². The lowest BCUT2D eigenvalue weighted by Crippen LogP contribution is -2.71. The van der Waals surface area contributed by atoms with Gasteiger partial charge in [0.2, 0.25) is 0 Å². The fourth-order valence-corrected chi connectivity index (χ4v) is 3.97. The summed E-state index contributed by atoms with van der Waals surface area (Å²) < 4.78 is 215. The maximum Gasteiger partial charge on any atom is 0.460 e. The summed E-state index contributed by atoms with van der Waals surface area (Å²) in [5.41, 5.74) is -0.189. The smallest absolute Gasteiger partial charge is 0.460 e. The first-order valence-electron chi connectivity index (χ1n) is 13.7. The quantitative estimate of drug-likeness (QED) is 0.165. The van der Waals surface area contributed by atoms with E-state index in [1.165, 1.54) is 19.1 Å². The van der Waals surface area contributed by atoms with Gasteiger partial charge in [-0.05, 0) is 30.7 Å². The molecule has 0 saturated carbocycles. The standard InChI is InChI=1S/C28H25F15N2O5/c1-2-49-20(21(46)47)11-15-3-7-18(8-4-15)50-10-9-45(22(48)44-13-16-5-6-17(29)12-19(16)30)14-23(31,32)24(33,34)25(35,36)26(37,38)27(39,40)28(41,42)43/h3-8,12,20H,2,9-11,13-14H2,1H3,(H,44,48)(H,46,47). The molecule has 0 saturated heterocycles. The summed E-state index contributed by atoms with van der Waals surface area (Å²) in [6.07, 6.45) is -9.01. The van der Waals surface area contributed by atoms with Gasteiger partial charge in [0.25, 0.3) is 0 Å². The maximum atomic E-state index is 14.7. The highest BCUT2D eigenvalue weighted by atomic mass is 19.4. The van der Waals surface area contributed by atoms with E-state index in [0.717, 1.165) is 18.2 Å². The van der Waals surface area contributed by atoms with Crippen molar-refractivity contribution in [2.45, 2.75) is 61.8 Å². The number of carbonyl (C=O) groups excluding carboxylic acids is 1. The number of carbonyl (C=O) groups is 2. The van der Waals surface area contributed by atoms with Crippen LogP contribution in [0.4, 0.5) is 70.7 Å². The van der Waals surface area contributed by atoms with Crippen molar-refractivity contribution in [1.29, 1.82) is 0 Å². The van der Waals surface area contributed by atoms with Crippen LogP contribution in [0.2, 0.25) is 0 Å². The van der Waals surface area contributed by atoms with E-state index in [4.69, 9.17) is 14.6 Å². The number of benzene rings is 2. The van der Waals surface area contributed by atoms with Crippen LogP contribution in [0.1, 0.15) is 18.1 Å². The zero-order valence-corrected chi connectivity index (χ0v) is 25.1. The second-order valence-corrected chi connectivity index (χ2v) is 10.3. The van der Waals surface area contributed by atoms with Gasteiger partial charge in [-0.15, -0.1) is 0 Å². The van der Waals surface area contributed by atoms with Gasteiger partial charge in [0.1, 0.15) is 24.0 Å². The molecule has 282 valence electrons. The second kappa shape index (κ2) is 15.4. The number of alkyl halides is 13. The molecule has 0 aliphatic carbocycles. The summed E-state index contributed by atoms with van der Waals surface area (Å²) in [5.74, 6) is -42.5. The van der Waals surface area contributed by atoms with Gasteiger partial charge in [0, 0.05) is 31.2 Å². The van der Waals surface area contributed by atoms with E-state index >= 15 is 0 Å². The van der Waals surface area contributed by atoms with Crippen LogP contribution < -0.4 is 10.1 Å². The number of hydrogen-bond donors (Lipinski definition) is 2.